The van der Waals surface area contributed by atoms with Crippen LogP contribution in [0.4, 0.5) is 0 Å². The highest BCUT2D eigenvalue weighted by Crippen LogP contribution is 2.37. The van der Waals surface area contributed by atoms with E-state index >= 15 is 0 Å². The van der Waals surface area contributed by atoms with Crippen molar-refractivity contribution >= 4 is 11.6 Å². The Hall–Kier alpha value is -2.76. The monoisotopic (exact) mass is 312 g/mol. The fourth-order valence-corrected chi connectivity index (χ4v) is 2.86. The molecular weight excluding hydrogens is 296 g/mol. The van der Waals surface area contributed by atoms with E-state index in [4.69, 9.17) is 13.9 Å². The molecule has 118 valence electrons. The molecule has 1 aromatic heterocycles. The fraction of sp³-hybridized carbons (Fsp3) is 0.294. The van der Waals surface area contributed by atoms with Crippen molar-refractivity contribution in [2.45, 2.75) is 25.8 Å². The molecule has 2 aliphatic rings. The van der Waals surface area contributed by atoms with E-state index in [0.717, 1.165) is 22.8 Å². The van der Waals surface area contributed by atoms with Gasteiger partial charge in [0, 0.05) is 18.4 Å². The minimum Gasteiger partial charge on any atom is -0.467 e. The molecule has 23 heavy (non-hydrogen) atoms. The summed E-state index contributed by atoms with van der Waals surface area (Å²) in [5.41, 5.74) is 1.77. The maximum absolute atomic E-state index is 12.2. The third kappa shape index (κ3) is 2.36. The fourth-order valence-electron chi connectivity index (χ4n) is 2.86. The molecule has 0 aliphatic carbocycles. The molecule has 1 aromatic carbocycles. The van der Waals surface area contributed by atoms with Crippen LogP contribution in [-0.4, -0.2) is 23.4 Å². The molecule has 0 unspecified atom stereocenters. The van der Waals surface area contributed by atoms with Crippen molar-refractivity contribution in [3.05, 3.63) is 47.9 Å². The Balaban J connectivity index is 1.68. The molecule has 2 aliphatic heterocycles. The van der Waals surface area contributed by atoms with E-state index in [1.54, 1.807) is 6.26 Å². The smallest absolute Gasteiger partial charge is 0.243 e. The van der Waals surface area contributed by atoms with Crippen molar-refractivity contribution in [1.29, 1.82) is 0 Å². The van der Waals surface area contributed by atoms with E-state index in [1.165, 1.54) is 5.01 Å². The van der Waals surface area contributed by atoms with Crippen LogP contribution in [0, 0.1) is 0 Å². The van der Waals surface area contributed by atoms with Gasteiger partial charge in [0.1, 0.15) is 11.8 Å². The summed E-state index contributed by atoms with van der Waals surface area (Å²) in [6, 6.07) is 9.21. The van der Waals surface area contributed by atoms with Crippen molar-refractivity contribution in [3.8, 4) is 11.5 Å². The average molecular weight is 312 g/mol. The van der Waals surface area contributed by atoms with Crippen LogP contribution in [0.15, 0.2) is 46.1 Å². The zero-order valence-electron chi connectivity index (χ0n) is 12.7. The molecule has 0 radical (unpaired) electrons. The van der Waals surface area contributed by atoms with Crippen LogP contribution in [-0.2, 0) is 4.79 Å². The zero-order valence-corrected chi connectivity index (χ0v) is 12.7. The van der Waals surface area contributed by atoms with E-state index in [2.05, 4.69) is 5.10 Å². The predicted octanol–water partition coefficient (Wildman–Crippen LogP) is 3.10. The number of benzene rings is 1. The summed E-state index contributed by atoms with van der Waals surface area (Å²) >= 11 is 0. The van der Waals surface area contributed by atoms with Crippen LogP contribution in [0.3, 0.4) is 0 Å². The van der Waals surface area contributed by atoms with Gasteiger partial charge in [0.25, 0.3) is 0 Å². The van der Waals surface area contributed by atoms with Crippen molar-refractivity contribution in [2.24, 2.45) is 5.10 Å². The molecule has 0 saturated carbocycles. The molecule has 0 saturated heterocycles. The van der Waals surface area contributed by atoms with Gasteiger partial charge in [-0.3, -0.25) is 4.79 Å². The number of fused-ring (bicyclic) bond motifs is 1. The van der Waals surface area contributed by atoms with E-state index in [0.29, 0.717) is 18.6 Å². The Morgan fingerprint density at radius 3 is 2.96 bits per heavy atom. The van der Waals surface area contributed by atoms with Gasteiger partial charge in [0.2, 0.25) is 12.7 Å². The number of hydrogen-bond donors (Lipinski definition) is 0. The van der Waals surface area contributed by atoms with E-state index < -0.39 is 0 Å². The molecular formula is C17H16N2O4. The average Bonchev–Trinajstić information content (AvgIpc) is 3.31. The number of ether oxygens (including phenoxy) is 2. The Morgan fingerprint density at radius 2 is 2.17 bits per heavy atom. The number of amides is 1. The third-order valence-corrected chi connectivity index (χ3v) is 4.05. The largest absolute Gasteiger partial charge is 0.467 e. The highest BCUT2D eigenvalue weighted by molar-refractivity contribution is 6.03. The van der Waals surface area contributed by atoms with Crippen molar-refractivity contribution in [2.75, 3.05) is 6.79 Å². The summed E-state index contributed by atoms with van der Waals surface area (Å²) in [6.45, 7) is 2.07. The molecule has 4 rings (SSSR count). The number of hydrogen-bond acceptors (Lipinski definition) is 5. The van der Waals surface area contributed by atoms with Crippen LogP contribution in [0.1, 0.15) is 37.1 Å². The summed E-state index contributed by atoms with van der Waals surface area (Å²) in [5.74, 6) is 2.16. The van der Waals surface area contributed by atoms with Crippen LogP contribution in [0.25, 0.3) is 0 Å². The molecule has 0 fully saturated rings. The zero-order chi connectivity index (χ0) is 15.8. The molecule has 1 amide bonds. The molecule has 3 heterocycles. The Labute approximate surface area is 133 Å². The second-order valence-electron chi connectivity index (χ2n) is 5.44. The number of furan rings is 1. The molecule has 0 spiro atoms. The van der Waals surface area contributed by atoms with Gasteiger partial charge in [-0.2, -0.15) is 5.10 Å². The minimum absolute atomic E-state index is 0.0258. The lowest BCUT2D eigenvalue weighted by molar-refractivity contribution is -0.133. The van der Waals surface area contributed by atoms with Gasteiger partial charge in [0.15, 0.2) is 11.5 Å². The first-order valence-electron chi connectivity index (χ1n) is 7.59. The molecule has 6 nitrogen and oxygen atoms in total. The molecule has 0 N–H and O–H groups in total. The van der Waals surface area contributed by atoms with Gasteiger partial charge in [0.05, 0.1) is 12.0 Å². The number of rotatable bonds is 3. The Bertz CT molecular complexity index is 767. The van der Waals surface area contributed by atoms with Gasteiger partial charge in [-0.05, 0) is 30.3 Å². The highest BCUT2D eigenvalue weighted by atomic mass is 16.7. The van der Waals surface area contributed by atoms with Gasteiger partial charge in [-0.25, -0.2) is 5.01 Å². The highest BCUT2D eigenvalue weighted by Gasteiger charge is 2.34. The molecule has 2 aromatic rings. The van der Waals surface area contributed by atoms with Crippen molar-refractivity contribution in [3.63, 3.8) is 0 Å². The molecule has 1 atom stereocenters. The minimum atomic E-state index is -0.196. The van der Waals surface area contributed by atoms with Crippen LogP contribution in [0.5, 0.6) is 11.5 Å². The predicted molar refractivity (Wildman–Crippen MR) is 82.3 cm³/mol. The Kier molecular flexibility index (Phi) is 3.29. The Morgan fingerprint density at radius 1 is 1.30 bits per heavy atom. The summed E-state index contributed by atoms with van der Waals surface area (Å²) in [4.78, 5) is 12.2. The SMILES string of the molecule is CCC(=O)N1N=C(c2ccc3c(c2)OCO3)C[C@@H]1c1ccco1. The first-order valence-corrected chi connectivity index (χ1v) is 7.59. The first kappa shape index (κ1) is 13.9. The standard InChI is InChI=1S/C17H16N2O4/c1-2-17(20)19-13(14-4-3-7-21-14)9-12(18-19)11-5-6-15-16(8-11)23-10-22-15/h3-8,13H,2,9-10H2,1H3/t13-/m1/s1. The maximum atomic E-state index is 12.2. The quantitative estimate of drug-likeness (QED) is 0.873. The number of carbonyl (C=O) groups excluding carboxylic acids is 1. The lowest BCUT2D eigenvalue weighted by Crippen LogP contribution is -2.25. The second-order valence-corrected chi connectivity index (χ2v) is 5.44. The number of hydrazone groups is 1. The van der Waals surface area contributed by atoms with Crippen molar-refractivity contribution in [1.82, 2.24) is 5.01 Å². The molecule has 0 bridgehead atoms. The van der Waals surface area contributed by atoms with Crippen molar-refractivity contribution < 1.29 is 18.7 Å². The van der Waals surface area contributed by atoms with Gasteiger partial charge >= 0.3 is 0 Å². The van der Waals surface area contributed by atoms with Gasteiger partial charge in [-0.15, -0.1) is 0 Å². The number of carbonyl (C=O) groups is 1. The lowest BCUT2D eigenvalue weighted by atomic mass is 10.0. The normalized spacial score (nSPS) is 19.1. The number of nitrogens with zero attached hydrogens (tertiary/aromatic N) is 2. The van der Waals surface area contributed by atoms with Gasteiger partial charge in [-0.1, -0.05) is 6.92 Å². The van der Waals surface area contributed by atoms with Crippen LogP contribution < -0.4 is 9.47 Å². The van der Waals surface area contributed by atoms with E-state index in [-0.39, 0.29) is 18.7 Å². The van der Waals surface area contributed by atoms with Crippen LogP contribution in [0.2, 0.25) is 0 Å². The summed E-state index contributed by atoms with van der Waals surface area (Å²) in [5, 5.41) is 6.06. The summed E-state index contributed by atoms with van der Waals surface area (Å²) in [6.07, 6.45) is 2.62. The summed E-state index contributed by atoms with van der Waals surface area (Å²) in [7, 11) is 0. The topological polar surface area (TPSA) is 64.3 Å². The lowest BCUT2D eigenvalue weighted by Gasteiger charge is -2.18. The van der Waals surface area contributed by atoms with E-state index in [1.807, 2.05) is 37.3 Å². The van der Waals surface area contributed by atoms with Gasteiger partial charge < -0.3 is 13.9 Å². The van der Waals surface area contributed by atoms with Crippen LogP contribution >= 0.6 is 0 Å². The van der Waals surface area contributed by atoms with E-state index in [9.17, 15) is 4.79 Å². The molecule has 6 heteroatoms. The second kappa shape index (κ2) is 5.46. The first-order chi connectivity index (χ1) is 11.3. The maximum Gasteiger partial charge on any atom is 0.243 e. The third-order valence-electron chi connectivity index (χ3n) is 4.05. The summed E-state index contributed by atoms with van der Waals surface area (Å²) < 4.78 is 16.2.